The molecule has 2 rings (SSSR count). The Kier molecular flexibility index (Phi) is 9.52. The molecular formula is C19H22Cl2LiO3P. The minimum atomic E-state index is -0.149. The third-order valence-electron chi connectivity index (χ3n) is 3.13. The second-order valence-corrected chi connectivity index (χ2v) is 8.10. The van der Waals surface area contributed by atoms with E-state index in [1.807, 2.05) is 45.9 Å². The van der Waals surface area contributed by atoms with Gasteiger partial charge in [-0.3, -0.25) is 4.79 Å². The van der Waals surface area contributed by atoms with Gasteiger partial charge in [0.25, 0.3) is 0 Å². The molecule has 0 aliphatic rings. The number of carbonyl (C=O) groups is 1. The Bertz CT molecular complexity index is 752. The summed E-state index contributed by atoms with van der Waals surface area (Å²) in [5.74, 6) is 1.35. The molecule has 2 aromatic carbocycles. The molecule has 0 fully saturated rings. The maximum Gasteiger partial charge on any atom is 1.00 e. The summed E-state index contributed by atoms with van der Waals surface area (Å²) in [5.41, 5.74) is 0.226. The predicted octanol–water partition coefficient (Wildman–Crippen LogP) is 2.83. The maximum absolute atomic E-state index is 12.7. The second kappa shape index (κ2) is 10.6. The first-order valence-corrected chi connectivity index (χ1v) is 9.76. The summed E-state index contributed by atoms with van der Waals surface area (Å²) in [6.07, 6.45) is 0.0422. The summed E-state index contributed by atoms with van der Waals surface area (Å²) in [7, 11) is -0.149. The van der Waals surface area contributed by atoms with E-state index in [0.29, 0.717) is 27.1 Å². The van der Waals surface area contributed by atoms with Crippen LogP contribution in [0.15, 0.2) is 36.4 Å². The van der Waals surface area contributed by atoms with Crippen molar-refractivity contribution < 1.29 is 34.6 Å². The molecule has 0 saturated carbocycles. The topological polar surface area (TPSA) is 35.5 Å². The predicted molar refractivity (Wildman–Crippen MR) is 108 cm³/mol. The zero-order chi connectivity index (χ0) is 18.6. The van der Waals surface area contributed by atoms with Gasteiger partial charge in [-0.05, 0) is 60.5 Å². The van der Waals surface area contributed by atoms with Crippen LogP contribution in [0.25, 0.3) is 0 Å². The van der Waals surface area contributed by atoms with Crippen molar-refractivity contribution in [2.75, 3.05) is 0 Å². The summed E-state index contributed by atoms with van der Waals surface area (Å²) in [6, 6.07) is 10.6. The van der Waals surface area contributed by atoms with Crippen molar-refractivity contribution in [1.29, 1.82) is 0 Å². The van der Waals surface area contributed by atoms with E-state index < -0.39 is 0 Å². The molecule has 0 spiro atoms. The van der Waals surface area contributed by atoms with E-state index in [9.17, 15) is 4.79 Å². The molecule has 1 atom stereocenters. The van der Waals surface area contributed by atoms with Crippen LogP contribution in [0.3, 0.4) is 0 Å². The number of halogens is 2. The molecular weight excluding hydrogens is 385 g/mol. The van der Waals surface area contributed by atoms with Gasteiger partial charge in [0, 0.05) is 11.4 Å². The van der Waals surface area contributed by atoms with Crippen LogP contribution in [0.5, 0.6) is 11.5 Å². The fraction of sp³-hybridized carbons (Fsp3) is 0.316. The molecule has 0 N–H and O–H groups in total. The average Bonchev–Trinajstić information content (AvgIpc) is 2.48. The van der Waals surface area contributed by atoms with Crippen LogP contribution in [0.4, 0.5) is 0 Å². The van der Waals surface area contributed by atoms with Gasteiger partial charge in [0.1, 0.15) is 11.5 Å². The van der Waals surface area contributed by atoms with Crippen LogP contribution in [-0.2, 0) is 0 Å². The summed E-state index contributed by atoms with van der Waals surface area (Å²) >= 11 is 12.3. The first kappa shape index (κ1) is 23.4. The maximum atomic E-state index is 12.7. The van der Waals surface area contributed by atoms with E-state index in [2.05, 4.69) is 0 Å². The van der Waals surface area contributed by atoms with Crippen molar-refractivity contribution >= 4 is 42.6 Å². The minimum Gasteiger partial charge on any atom is -1.00 e. The van der Waals surface area contributed by atoms with Gasteiger partial charge in [-0.1, -0.05) is 29.3 Å². The third kappa shape index (κ3) is 6.49. The van der Waals surface area contributed by atoms with Crippen molar-refractivity contribution in [2.45, 2.75) is 39.9 Å². The Balaban J connectivity index is 0.00000338. The van der Waals surface area contributed by atoms with Crippen LogP contribution < -0.4 is 33.6 Å². The average molecular weight is 407 g/mol. The Labute approximate surface area is 180 Å². The zero-order valence-electron chi connectivity index (χ0n) is 16.6. The van der Waals surface area contributed by atoms with Crippen LogP contribution in [0.1, 0.15) is 39.5 Å². The van der Waals surface area contributed by atoms with Crippen LogP contribution in [0, 0.1) is 0 Å². The molecule has 3 nitrogen and oxygen atoms in total. The Morgan fingerprint density at radius 2 is 1.58 bits per heavy atom. The van der Waals surface area contributed by atoms with E-state index in [1.165, 1.54) is 0 Å². The van der Waals surface area contributed by atoms with Gasteiger partial charge in [-0.15, -0.1) is 0 Å². The molecule has 26 heavy (non-hydrogen) atoms. The molecule has 0 heterocycles. The Hall–Kier alpha value is -0.683. The molecule has 136 valence electrons. The van der Waals surface area contributed by atoms with Gasteiger partial charge >= 0.3 is 18.9 Å². The van der Waals surface area contributed by atoms with E-state index in [-0.39, 0.29) is 46.6 Å². The van der Waals surface area contributed by atoms with Crippen molar-refractivity contribution in [2.24, 2.45) is 0 Å². The van der Waals surface area contributed by atoms with Crippen LogP contribution in [-0.4, -0.2) is 17.7 Å². The third-order valence-corrected chi connectivity index (χ3v) is 4.91. The Morgan fingerprint density at radius 3 is 2.12 bits per heavy atom. The van der Waals surface area contributed by atoms with Gasteiger partial charge in [-0.25, -0.2) is 0 Å². The van der Waals surface area contributed by atoms with Gasteiger partial charge < -0.3 is 10.9 Å². The smallest absolute Gasteiger partial charge is 1.00 e. The van der Waals surface area contributed by atoms with E-state index >= 15 is 0 Å². The molecule has 2 aromatic rings. The number of benzene rings is 2. The van der Waals surface area contributed by atoms with Crippen molar-refractivity contribution in [3.8, 4) is 11.5 Å². The molecule has 0 saturated heterocycles. The zero-order valence-corrected chi connectivity index (χ0v) is 18.1. The summed E-state index contributed by atoms with van der Waals surface area (Å²) in [5, 5.41) is 1.51. The quantitative estimate of drug-likeness (QED) is 0.523. The summed E-state index contributed by atoms with van der Waals surface area (Å²) in [6.45, 7) is 7.80. The van der Waals surface area contributed by atoms with Gasteiger partial charge in [0.2, 0.25) is 0 Å². The normalized spacial score (nSPS) is 11.1. The molecule has 0 radical (unpaired) electrons. The van der Waals surface area contributed by atoms with Gasteiger partial charge in [0.05, 0.1) is 27.8 Å². The standard InChI is InChI=1S/C19H21Cl2O3P.Li.H/c1-11(2)23-13-8-9-17(16(10-13)24-12(3)4)25-19(22)18-14(20)6-5-7-15(18)21;;/h5-12,25H,1-4H3;;/q;+1;-1. The van der Waals surface area contributed by atoms with Crippen LogP contribution >= 0.6 is 31.8 Å². The second-order valence-electron chi connectivity index (χ2n) is 6.04. The van der Waals surface area contributed by atoms with Crippen molar-refractivity contribution in [1.82, 2.24) is 0 Å². The molecule has 1 unspecified atom stereocenters. The number of ether oxygens (including phenoxy) is 2. The SMILES string of the molecule is CC(C)Oc1ccc(PC(=O)c2c(Cl)cccc2Cl)c(OC(C)C)c1.[H-].[Li+]. The molecule has 0 aromatic heterocycles. The fourth-order valence-corrected chi connectivity index (χ4v) is 3.99. The fourth-order valence-electron chi connectivity index (χ4n) is 2.20. The Morgan fingerprint density at radius 1 is 1.00 bits per heavy atom. The largest absolute Gasteiger partial charge is 1.00 e. The van der Waals surface area contributed by atoms with E-state index in [4.69, 9.17) is 32.7 Å². The summed E-state index contributed by atoms with van der Waals surface area (Å²) in [4.78, 5) is 12.7. The van der Waals surface area contributed by atoms with Crippen molar-refractivity contribution in [3.63, 3.8) is 0 Å². The number of hydrogen-bond acceptors (Lipinski definition) is 3. The van der Waals surface area contributed by atoms with E-state index in [1.54, 1.807) is 18.2 Å². The van der Waals surface area contributed by atoms with Crippen LogP contribution in [0.2, 0.25) is 10.0 Å². The molecule has 0 aliphatic heterocycles. The molecule has 0 aliphatic carbocycles. The first-order valence-electron chi connectivity index (χ1n) is 8.00. The molecule has 7 heteroatoms. The van der Waals surface area contributed by atoms with Gasteiger partial charge in [0.15, 0.2) is 5.52 Å². The minimum absolute atomic E-state index is 0. The molecule has 0 amide bonds. The number of rotatable bonds is 7. The molecule has 0 bridgehead atoms. The van der Waals surface area contributed by atoms with E-state index in [0.717, 1.165) is 5.30 Å². The first-order chi connectivity index (χ1) is 11.8. The summed E-state index contributed by atoms with van der Waals surface area (Å²) < 4.78 is 11.6. The van der Waals surface area contributed by atoms with Crippen molar-refractivity contribution in [3.05, 3.63) is 52.0 Å². The number of carbonyl (C=O) groups excluding carboxylic acids is 1. The number of hydrogen-bond donors (Lipinski definition) is 0. The monoisotopic (exact) mass is 406 g/mol. The van der Waals surface area contributed by atoms with Gasteiger partial charge in [-0.2, -0.15) is 0 Å².